The number of hydrogen-bond donors (Lipinski definition) is 1. The predicted molar refractivity (Wildman–Crippen MR) is 121 cm³/mol. The number of thiol groups is 1. The fourth-order valence-corrected chi connectivity index (χ4v) is 6.04. The lowest BCUT2D eigenvalue weighted by atomic mass is 10.1. The van der Waals surface area contributed by atoms with Gasteiger partial charge in [0.1, 0.15) is 6.04 Å². The minimum Gasteiger partial charge on any atom is -0.344 e. The lowest BCUT2D eigenvalue weighted by molar-refractivity contribution is -0.133. The summed E-state index contributed by atoms with van der Waals surface area (Å²) in [5.41, 5.74) is 0. The normalized spacial score (nSPS) is 20.2. The highest BCUT2D eigenvalue weighted by atomic mass is 32.2. The van der Waals surface area contributed by atoms with E-state index in [0.717, 1.165) is 36.5 Å². The van der Waals surface area contributed by atoms with Crippen LogP contribution in [0.3, 0.4) is 0 Å². The molecule has 1 saturated heterocycles. The number of rotatable bonds is 8. The molecule has 3 rings (SSSR count). The molecule has 1 aliphatic heterocycles. The van der Waals surface area contributed by atoms with Gasteiger partial charge in [0, 0.05) is 25.4 Å². The van der Waals surface area contributed by atoms with E-state index in [1.165, 1.54) is 4.31 Å². The number of likely N-dealkylation sites (N-methyl/N-ethyl adjacent to an activating group) is 1. The topological polar surface area (TPSA) is 57.7 Å². The Morgan fingerprint density at radius 2 is 1.86 bits per heavy atom. The summed E-state index contributed by atoms with van der Waals surface area (Å²) >= 11 is 4.50. The monoisotopic (exact) mass is 434 g/mol. The second kappa shape index (κ2) is 9.49. The van der Waals surface area contributed by atoms with Gasteiger partial charge < -0.3 is 4.90 Å². The Labute approximate surface area is 179 Å². The van der Waals surface area contributed by atoms with Gasteiger partial charge in [-0.25, -0.2) is 8.42 Å². The van der Waals surface area contributed by atoms with E-state index < -0.39 is 16.1 Å². The van der Waals surface area contributed by atoms with Crippen molar-refractivity contribution >= 4 is 39.3 Å². The molecule has 0 bridgehead atoms. The Bertz CT molecular complexity index is 961. The van der Waals surface area contributed by atoms with Crippen LogP contribution in [-0.2, 0) is 14.8 Å². The second-order valence-corrected chi connectivity index (χ2v) is 10.4. The van der Waals surface area contributed by atoms with Gasteiger partial charge in [0.25, 0.3) is 0 Å². The third-order valence-electron chi connectivity index (χ3n) is 5.57. The highest BCUT2D eigenvalue weighted by Crippen LogP contribution is 2.31. The zero-order valence-electron chi connectivity index (χ0n) is 17.1. The van der Waals surface area contributed by atoms with Gasteiger partial charge in [0.15, 0.2) is 0 Å². The third-order valence-corrected chi connectivity index (χ3v) is 7.81. The maximum Gasteiger partial charge on any atom is 0.243 e. The fourth-order valence-electron chi connectivity index (χ4n) is 3.88. The number of fused-ring (bicyclic) bond motifs is 1. The van der Waals surface area contributed by atoms with Gasteiger partial charge in [-0.15, -0.1) is 0 Å². The van der Waals surface area contributed by atoms with E-state index in [2.05, 4.69) is 19.6 Å². The first kappa shape index (κ1) is 22.1. The minimum atomic E-state index is -3.78. The maximum atomic E-state index is 13.4. The van der Waals surface area contributed by atoms with Gasteiger partial charge >= 0.3 is 0 Å². The first-order chi connectivity index (χ1) is 13.8. The van der Waals surface area contributed by atoms with Crippen LogP contribution in [-0.4, -0.2) is 55.0 Å². The van der Waals surface area contributed by atoms with Crippen LogP contribution in [0.15, 0.2) is 47.4 Å². The van der Waals surface area contributed by atoms with Crippen LogP contribution in [0.25, 0.3) is 10.8 Å². The van der Waals surface area contributed by atoms with Crippen LogP contribution in [0.4, 0.5) is 0 Å². The van der Waals surface area contributed by atoms with E-state index in [0.29, 0.717) is 13.0 Å². The SMILES string of the molecule is CCCCCCN(C)C(=O)[C@@H]1C[C@@H](S)CN1S(=O)(=O)c1ccc2ccccc2c1. The molecule has 0 spiro atoms. The second-order valence-electron chi connectivity index (χ2n) is 7.81. The standard InChI is InChI=1S/C22H30N2O3S2/c1-3-4-5-8-13-23(2)22(25)21-15-19(28)16-24(21)29(26,27)20-12-11-17-9-6-7-10-18(17)14-20/h6-7,9-12,14,19,21,28H,3-5,8,13,15-16H2,1-2H3/t19-,21+/m1/s1. The number of amides is 1. The van der Waals surface area contributed by atoms with Crippen LogP contribution in [0.5, 0.6) is 0 Å². The Hall–Kier alpha value is -1.57. The molecule has 1 heterocycles. The first-order valence-electron chi connectivity index (χ1n) is 10.3. The van der Waals surface area contributed by atoms with Crippen molar-refractivity contribution in [3.05, 3.63) is 42.5 Å². The van der Waals surface area contributed by atoms with Gasteiger partial charge in [0.05, 0.1) is 4.90 Å². The molecule has 5 nitrogen and oxygen atoms in total. The van der Waals surface area contributed by atoms with Crippen LogP contribution in [0.1, 0.15) is 39.0 Å². The smallest absolute Gasteiger partial charge is 0.243 e. The summed E-state index contributed by atoms with van der Waals surface area (Å²) in [6, 6.07) is 12.1. The molecule has 29 heavy (non-hydrogen) atoms. The number of carbonyl (C=O) groups excluding carboxylic acids is 1. The van der Waals surface area contributed by atoms with E-state index in [9.17, 15) is 13.2 Å². The minimum absolute atomic E-state index is 0.137. The fraction of sp³-hybridized carbons (Fsp3) is 0.500. The molecule has 0 unspecified atom stereocenters. The lowest BCUT2D eigenvalue weighted by Crippen LogP contribution is -2.46. The zero-order valence-corrected chi connectivity index (χ0v) is 18.8. The summed E-state index contributed by atoms with van der Waals surface area (Å²) in [6.07, 6.45) is 4.73. The average Bonchev–Trinajstić information content (AvgIpc) is 3.12. The highest BCUT2D eigenvalue weighted by Gasteiger charge is 2.43. The van der Waals surface area contributed by atoms with E-state index in [-0.39, 0.29) is 22.6 Å². The molecule has 0 N–H and O–H groups in total. The number of sulfonamides is 1. The van der Waals surface area contributed by atoms with E-state index in [1.807, 2.05) is 30.3 Å². The van der Waals surface area contributed by atoms with Gasteiger partial charge in [-0.1, -0.05) is 56.5 Å². The molecule has 0 radical (unpaired) electrons. The molecule has 1 fully saturated rings. The molecule has 1 aliphatic rings. The average molecular weight is 435 g/mol. The zero-order chi connectivity index (χ0) is 21.0. The third kappa shape index (κ3) is 4.95. The summed E-state index contributed by atoms with van der Waals surface area (Å²) in [7, 11) is -2.02. The Morgan fingerprint density at radius 1 is 1.14 bits per heavy atom. The van der Waals surface area contributed by atoms with Crippen LogP contribution in [0, 0.1) is 0 Å². The van der Waals surface area contributed by atoms with Gasteiger partial charge in [-0.05, 0) is 35.7 Å². The molecule has 158 valence electrons. The van der Waals surface area contributed by atoms with E-state index in [4.69, 9.17) is 0 Å². The molecule has 0 aromatic heterocycles. The first-order valence-corrected chi connectivity index (χ1v) is 12.2. The lowest BCUT2D eigenvalue weighted by Gasteiger charge is -2.27. The van der Waals surface area contributed by atoms with Crippen LogP contribution in [0.2, 0.25) is 0 Å². The van der Waals surface area contributed by atoms with Crippen molar-refractivity contribution < 1.29 is 13.2 Å². The molecule has 2 aromatic carbocycles. The Balaban J connectivity index is 1.81. The molecule has 2 aromatic rings. The van der Waals surface area contributed by atoms with Gasteiger partial charge in [-0.3, -0.25) is 4.79 Å². The molecular weight excluding hydrogens is 404 g/mol. The molecule has 1 amide bonds. The quantitative estimate of drug-likeness (QED) is 0.506. The number of unbranched alkanes of at least 4 members (excludes halogenated alkanes) is 3. The number of hydrogen-bond acceptors (Lipinski definition) is 4. The Kier molecular flexibility index (Phi) is 7.24. The van der Waals surface area contributed by atoms with E-state index in [1.54, 1.807) is 24.1 Å². The molecule has 0 saturated carbocycles. The van der Waals surface area contributed by atoms with E-state index >= 15 is 0 Å². The summed E-state index contributed by atoms with van der Waals surface area (Å²) in [5.74, 6) is -0.137. The van der Waals surface area contributed by atoms with Crippen LogP contribution >= 0.6 is 12.6 Å². The summed E-state index contributed by atoms with van der Waals surface area (Å²) in [4.78, 5) is 14.9. The summed E-state index contributed by atoms with van der Waals surface area (Å²) < 4.78 is 28.1. The Morgan fingerprint density at radius 3 is 2.59 bits per heavy atom. The predicted octanol–water partition coefficient (Wildman–Crippen LogP) is 3.94. The molecule has 7 heteroatoms. The van der Waals surface area contributed by atoms with Crippen LogP contribution < -0.4 is 0 Å². The van der Waals surface area contributed by atoms with Crippen molar-refractivity contribution in [1.29, 1.82) is 0 Å². The maximum absolute atomic E-state index is 13.4. The molecule has 2 atom stereocenters. The highest BCUT2D eigenvalue weighted by molar-refractivity contribution is 7.89. The summed E-state index contributed by atoms with van der Waals surface area (Å²) in [5, 5.41) is 1.71. The van der Waals surface area contributed by atoms with Crippen molar-refractivity contribution in [3.63, 3.8) is 0 Å². The number of nitrogens with zero attached hydrogens (tertiary/aromatic N) is 2. The summed E-state index contributed by atoms with van der Waals surface area (Å²) in [6.45, 7) is 3.05. The van der Waals surface area contributed by atoms with Gasteiger partial charge in [0.2, 0.25) is 15.9 Å². The number of carbonyl (C=O) groups is 1. The largest absolute Gasteiger partial charge is 0.344 e. The van der Waals surface area contributed by atoms with Crippen molar-refractivity contribution in [2.24, 2.45) is 0 Å². The molecule has 0 aliphatic carbocycles. The van der Waals surface area contributed by atoms with Crippen molar-refractivity contribution in [2.75, 3.05) is 20.1 Å². The van der Waals surface area contributed by atoms with Crippen molar-refractivity contribution in [1.82, 2.24) is 9.21 Å². The number of benzene rings is 2. The van der Waals surface area contributed by atoms with Crippen molar-refractivity contribution in [2.45, 2.75) is 55.2 Å². The van der Waals surface area contributed by atoms with Crippen molar-refractivity contribution in [3.8, 4) is 0 Å². The molecular formula is C22H30N2O3S2. The van der Waals surface area contributed by atoms with Gasteiger partial charge in [-0.2, -0.15) is 16.9 Å².